The number of hydrogen-bond acceptors (Lipinski definition) is 3. The molecule has 2 rings (SSSR count). The Morgan fingerprint density at radius 3 is 2.42 bits per heavy atom. The number of nitrogens with two attached hydrogens (primary N) is 1. The van der Waals surface area contributed by atoms with Crippen molar-refractivity contribution in [3.63, 3.8) is 0 Å². The van der Waals surface area contributed by atoms with Gasteiger partial charge in [0.1, 0.15) is 0 Å². The summed E-state index contributed by atoms with van der Waals surface area (Å²) in [5, 5.41) is 12.9. The summed E-state index contributed by atoms with van der Waals surface area (Å²) in [6.07, 6.45) is 4.65. The predicted molar refractivity (Wildman–Crippen MR) is 74.7 cm³/mol. The fraction of sp³-hybridized carbons (Fsp3) is 0.533. The molecule has 0 saturated heterocycles. The summed E-state index contributed by atoms with van der Waals surface area (Å²) < 4.78 is 0. The highest BCUT2D eigenvalue weighted by Gasteiger charge is 2.32. The Morgan fingerprint density at radius 2 is 1.89 bits per heavy atom. The molecule has 1 saturated carbocycles. The van der Waals surface area contributed by atoms with E-state index in [-0.39, 0.29) is 12.0 Å². The molecule has 4 N–H and O–H groups in total. The maximum atomic E-state index is 11.0. The van der Waals surface area contributed by atoms with Gasteiger partial charge >= 0.3 is 0 Å². The molecule has 4 heteroatoms. The Balaban J connectivity index is 1.83. The molecule has 1 fully saturated rings. The number of hydrogen-bond donors (Lipinski definition) is 3. The standard InChI is InChI=1S/C15H22N2O2/c16-14(19)13-5-3-12(4-6-13)9-17-10-15(11-18)7-1-2-8-15/h3-6,17-18H,1-2,7-11H2,(H2,16,19). The average Bonchev–Trinajstić information content (AvgIpc) is 2.89. The van der Waals surface area contributed by atoms with Gasteiger partial charge in [-0.05, 0) is 30.5 Å². The van der Waals surface area contributed by atoms with Crippen LogP contribution in [0.4, 0.5) is 0 Å². The fourth-order valence-corrected chi connectivity index (χ4v) is 2.77. The molecule has 4 nitrogen and oxygen atoms in total. The monoisotopic (exact) mass is 262 g/mol. The van der Waals surface area contributed by atoms with E-state index in [1.165, 1.54) is 12.8 Å². The zero-order valence-corrected chi connectivity index (χ0v) is 11.2. The molecule has 0 atom stereocenters. The lowest BCUT2D eigenvalue weighted by molar-refractivity contribution is 0.100. The number of primary amides is 1. The van der Waals surface area contributed by atoms with Crippen LogP contribution in [0.15, 0.2) is 24.3 Å². The van der Waals surface area contributed by atoms with Crippen LogP contribution < -0.4 is 11.1 Å². The smallest absolute Gasteiger partial charge is 0.248 e. The van der Waals surface area contributed by atoms with Crippen molar-refractivity contribution in [1.82, 2.24) is 5.32 Å². The number of carbonyl (C=O) groups excluding carboxylic acids is 1. The van der Waals surface area contributed by atoms with E-state index in [2.05, 4.69) is 5.32 Å². The van der Waals surface area contributed by atoms with Crippen LogP contribution in [0.5, 0.6) is 0 Å². The second kappa shape index (κ2) is 6.17. The van der Waals surface area contributed by atoms with E-state index in [4.69, 9.17) is 5.73 Å². The average molecular weight is 262 g/mol. The number of nitrogens with one attached hydrogen (secondary N) is 1. The molecule has 0 unspecified atom stereocenters. The molecule has 1 aliphatic carbocycles. The molecule has 0 radical (unpaired) electrons. The number of aliphatic hydroxyl groups is 1. The summed E-state index contributed by atoms with van der Waals surface area (Å²) >= 11 is 0. The molecule has 1 aromatic carbocycles. The summed E-state index contributed by atoms with van der Waals surface area (Å²) in [5.74, 6) is -0.398. The minimum atomic E-state index is -0.398. The van der Waals surface area contributed by atoms with E-state index in [9.17, 15) is 9.90 Å². The van der Waals surface area contributed by atoms with Crippen molar-refractivity contribution in [2.24, 2.45) is 11.1 Å². The van der Waals surface area contributed by atoms with E-state index in [0.29, 0.717) is 5.56 Å². The number of carbonyl (C=O) groups is 1. The molecular formula is C15H22N2O2. The van der Waals surface area contributed by atoms with Gasteiger partial charge in [0, 0.05) is 30.7 Å². The Morgan fingerprint density at radius 1 is 1.26 bits per heavy atom. The van der Waals surface area contributed by atoms with Crippen LogP contribution in [0.2, 0.25) is 0 Å². The second-order valence-electron chi connectivity index (χ2n) is 5.53. The maximum absolute atomic E-state index is 11.0. The minimum absolute atomic E-state index is 0.0766. The topological polar surface area (TPSA) is 75.4 Å². The molecule has 1 aromatic rings. The largest absolute Gasteiger partial charge is 0.396 e. The van der Waals surface area contributed by atoms with Crippen LogP contribution in [-0.4, -0.2) is 24.2 Å². The van der Waals surface area contributed by atoms with Gasteiger partial charge in [-0.25, -0.2) is 0 Å². The van der Waals surface area contributed by atoms with Gasteiger partial charge in [-0.15, -0.1) is 0 Å². The van der Waals surface area contributed by atoms with Gasteiger partial charge in [0.2, 0.25) is 5.91 Å². The molecule has 0 heterocycles. The van der Waals surface area contributed by atoms with Gasteiger partial charge in [0.15, 0.2) is 0 Å². The second-order valence-corrected chi connectivity index (χ2v) is 5.53. The lowest BCUT2D eigenvalue weighted by Crippen LogP contribution is -2.34. The highest BCUT2D eigenvalue weighted by atomic mass is 16.3. The van der Waals surface area contributed by atoms with Gasteiger partial charge in [-0.3, -0.25) is 4.79 Å². The van der Waals surface area contributed by atoms with Crippen molar-refractivity contribution in [1.29, 1.82) is 0 Å². The molecule has 104 valence electrons. The first-order chi connectivity index (χ1) is 9.15. The van der Waals surface area contributed by atoms with Gasteiger partial charge in [-0.1, -0.05) is 25.0 Å². The Labute approximate surface area is 114 Å². The number of rotatable bonds is 6. The molecular weight excluding hydrogens is 240 g/mol. The quantitative estimate of drug-likeness (QED) is 0.726. The lowest BCUT2D eigenvalue weighted by atomic mass is 9.87. The molecule has 19 heavy (non-hydrogen) atoms. The van der Waals surface area contributed by atoms with Gasteiger partial charge in [0.05, 0.1) is 0 Å². The third-order valence-electron chi connectivity index (χ3n) is 4.07. The van der Waals surface area contributed by atoms with Crippen molar-refractivity contribution >= 4 is 5.91 Å². The first-order valence-electron chi connectivity index (χ1n) is 6.86. The van der Waals surface area contributed by atoms with E-state index in [1.54, 1.807) is 12.1 Å². The highest BCUT2D eigenvalue weighted by molar-refractivity contribution is 5.92. The first-order valence-corrected chi connectivity index (χ1v) is 6.86. The molecule has 1 aliphatic rings. The van der Waals surface area contributed by atoms with Gasteiger partial charge in [-0.2, -0.15) is 0 Å². The molecule has 0 aromatic heterocycles. The van der Waals surface area contributed by atoms with Crippen LogP contribution in [0.1, 0.15) is 41.6 Å². The lowest BCUT2D eigenvalue weighted by Gasteiger charge is -2.26. The predicted octanol–water partition coefficient (Wildman–Crippen LogP) is 1.43. The Bertz CT molecular complexity index is 422. The van der Waals surface area contributed by atoms with Crippen LogP contribution in [0.25, 0.3) is 0 Å². The van der Waals surface area contributed by atoms with Crippen molar-refractivity contribution in [3.8, 4) is 0 Å². The summed E-state index contributed by atoms with van der Waals surface area (Å²) in [5.41, 5.74) is 6.93. The number of benzene rings is 1. The third kappa shape index (κ3) is 3.55. The van der Waals surface area contributed by atoms with Crippen molar-refractivity contribution in [3.05, 3.63) is 35.4 Å². The Kier molecular flexibility index (Phi) is 4.56. The SMILES string of the molecule is NC(=O)c1ccc(CNCC2(CO)CCCC2)cc1. The Hall–Kier alpha value is -1.39. The zero-order valence-electron chi connectivity index (χ0n) is 11.2. The van der Waals surface area contributed by atoms with Crippen molar-refractivity contribution < 1.29 is 9.90 Å². The van der Waals surface area contributed by atoms with E-state index in [1.807, 2.05) is 12.1 Å². The summed E-state index contributed by atoms with van der Waals surface area (Å²) in [7, 11) is 0. The van der Waals surface area contributed by atoms with Crippen molar-refractivity contribution in [2.75, 3.05) is 13.2 Å². The number of aliphatic hydroxyl groups excluding tert-OH is 1. The van der Waals surface area contributed by atoms with Crippen molar-refractivity contribution in [2.45, 2.75) is 32.2 Å². The summed E-state index contributed by atoms with van der Waals surface area (Å²) in [6.45, 7) is 1.86. The minimum Gasteiger partial charge on any atom is -0.396 e. The van der Waals surface area contributed by atoms with Gasteiger partial charge < -0.3 is 16.2 Å². The maximum Gasteiger partial charge on any atom is 0.248 e. The van der Waals surface area contributed by atoms with Crippen LogP contribution >= 0.6 is 0 Å². The zero-order chi connectivity index (χ0) is 13.7. The molecule has 1 amide bonds. The normalized spacial score (nSPS) is 17.5. The highest BCUT2D eigenvalue weighted by Crippen LogP contribution is 2.36. The first kappa shape index (κ1) is 14.0. The molecule has 0 aliphatic heterocycles. The molecule has 0 spiro atoms. The third-order valence-corrected chi connectivity index (χ3v) is 4.07. The van der Waals surface area contributed by atoms with Crippen LogP contribution in [0.3, 0.4) is 0 Å². The fourth-order valence-electron chi connectivity index (χ4n) is 2.77. The van der Waals surface area contributed by atoms with E-state index >= 15 is 0 Å². The van der Waals surface area contributed by atoms with Crippen LogP contribution in [-0.2, 0) is 6.54 Å². The molecule has 0 bridgehead atoms. The van der Waals surface area contributed by atoms with E-state index in [0.717, 1.165) is 31.5 Å². The van der Waals surface area contributed by atoms with Gasteiger partial charge in [0.25, 0.3) is 0 Å². The van der Waals surface area contributed by atoms with E-state index < -0.39 is 5.91 Å². The van der Waals surface area contributed by atoms with Crippen LogP contribution in [0, 0.1) is 5.41 Å². The number of amides is 1. The summed E-state index contributed by atoms with van der Waals surface area (Å²) in [6, 6.07) is 7.31. The summed E-state index contributed by atoms with van der Waals surface area (Å²) in [4.78, 5) is 11.0.